The number of nitrogens with zero attached hydrogens (tertiary/aromatic N) is 1. The van der Waals surface area contributed by atoms with Crippen molar-refractivity contribution in [1.29, 1.82) is 0 Å². The van der Waals surface area contributed by atoms with E-state index in [1.165, 1.54) is 0 Å². The van der Waals surface area contributed by atoms with Crippen molar-refractivity contribution in [3.63, 3.8) is 0 Å². The molecule has 0 spiro atoms. The van der Waals surface area contributed by atoms with Crippen LogP contribution in [0.5, 0.6) is 0 Å². The van der Waals surface area contributed by atoms with Crippen LogP contribution in [-0.2, 0) is 0 Å². The summed E-state index contributed by atoms with van der Waals surface area (Å²) < 4.78 is 5.51. The molecule has 16 heavy (non-hydrogen) atoms. The second kappa shape index (κ2) is 6.06. The van der Waals surface area contributed by atoms with E-state index >= 15 is 0 Å². The number of furan rings is 1. The minimum Gasteiger partial charge on any atom is -0.468 e. The number of nitrogens with two attached hydrogens (primary N) is 1. The Kier molecular flexibility index (Phi) is 5.03. The van der Waals surface area contributed by atoms with Crippen molar-refractivity contribution in [2.75, 3.05) is 7.05 Å². The van der Waals surface area contributed by atoms with Gasteiger partial charge in [-0.1, -0.05) is 13.8 Å². The summed E-state index contributed by atoms with van der Waals surface area (Å²) in [6, 6.07) is 4.74. The van der Waals surface area contributed by atoms with Crippen molar-refractivity contribution >= 4 is 0 Å². The fourth-order valence-electron chi connectivity index (χ4n) is 1.96. The van der Waals surface area contributed by atoms with Gasteiger partial charge in [-0.25, -0.2) is 0 Å². The van der Waals surface area contributed by atoms with Crippen LogP contribution in [0, 0.1) is 0 Å². The molecular formula is C13H24N2O. The SMILES string of the molecule is CCC(N)C(c1ccco1)N(C)C(C)CC. The Bertz CT molecular complexity index is 284. The third-order valence-electron chi connectivity index (χ3n) is 3.44. The zero-order valence-electron chi connectivity index (χ0n) is 10.8. The van der Waals surface area contributed by atoms with Crippen molar-refractivity contribution in [1.82, 2.24) is 4.90 Å². The fraction of sp³-hybridized carbons (Fsp3) is 0.692. The van der Waals surface area contributed by atoms with Crippen molar-refractivity contribution in [3.8, 4) is 0 Å². The second-order valence-electron chi connectivity index (χ2n) is 4.46. The van der Waals surface area contributed by atoms with E-state index in [4.69, 9.17) is 10.2 Å². The molecule has 2 N–H and O–H groups in total. The number of rotatable bonds is 6. The summed E-state index contributed by atoms with van der Waals surface area (Å²) in [4.78, 5) is 2.31. The van der Waals surface area contributed by atoms with Gasteiger partial charge in [-0.05, 0) is 38.9 Å². The molecule has 0 bridgehead atoms. The van der Waals surface area contributed by atoms with Gasteiger partial charge in [0.15, 0.2) is 0 Å². The summed E-state index contributed by atoms with van der Waals surface area (Å²) in [5.41, 5.74) is 6.20. The Morgan fingerprint density at radius 2 is 2.06 bits per heavy atom. The maximum absolute atomic E-state index is 6.20. The maximum Gasteiger partial charge on any atom is 0.122 e. The molecule has 0 radical (unpaired) electrons. The molecule has 0 saturated heterocycles. The fourth-order valence-corrected chi connectivity index (χ4v) is 1.96. The predicted octanol–water partition coefficient (Wildman–Crippen LogP) is 2.79. The lowest BCUT2D eigenvalue weighted by Gasteiger charge is -2.34. The molecule has 1 aromatic heterocycles. The highest BCUT2D eigenvalue weighted by Gasteiger charge is 2.27. The molecule has 1 rings (SSSR count). The van der Waals surface area contributed by atoms with E-state index in [1.807, 2.05) is 12.1 Å². The van der Waals surface area contributed by atoms with Crippen molar-refractivity contribution in [3.05, 3.63) is 24.2 Å². The average Bonchev–Trinajstić information content (AvgIpc) is 2.81. The lowest BCUT2D eigenvalue weighted by molar-refractivity contribution is 0.135. The Balaban J connectivity index is 2.87. The molecule has 1 heterocycles. The first-order chi connectivity index (χ1) is 7.61. The Morgan fingerprint density at radius 1 is 1.38 bits per heavy atom. The van der Waals surface area contributed by atoms with Gasteiger partial charge in [-0.15, -0.1) is 0 Å². The van der Waals surface area contributed by atoms with E-state index in [9.17, 15) is 0 Å². The molecule has 0 aliphatic heterocycles. The van der Waals surface area contributed by atoms with E-state index in [2.05, 4.69) is 32.7 Å². The van der Waals surface area contributed by atoms with Gasteiger partial charge in [0.2, 0.25) is 0 Å². The molecule has 92 valence electrons. The normalized spacial score (nSPS) is 17.4. The summed E-state index contributed by atoms with van der Waals surface area (Å²) in [5, 5.41) is 0. The second-order valence-corrected chi connectivity index (χ2v) is 4.46. The van der Waals surface area contributed by atoms with Crippen LogP contribution >= 0.6 is 0 Å². The van der Waals surface area contributed by atoms with Crippen LogP contribution in [0.2, 0.25) is 0 Å². The van der Waals surface area contributed by atoms with Crippen molar-refractivity contribution in [2.45, 2.75) is 51.7 Å². The topological polar surface area (TPSA) is 42.4 Å². The van der Waals surface area contributed by atoms with E-state index in [-0.39, 0.29) is 12.1 Å². The molecule has 3 heteroatoms. The summed E-state index contributed by atoms with van der Waals surface area (Å²) >= 11 is 0. The van der Waals surface area contributed by atoms with Gasteiger partial charge in [-0.3, -0.25) is 4.90 Å². The summed E-state index contributed by atoms with van der Waals surface area (Å²) in [7, 11) is 2.12. The highest BCUT2D eigenvalue weighted by atomic mass is 16.3. The highest BCUT2D eigenvalue weighted by molar-refractivity contribution is 5.08. The maximum atomic E-state index is 6.20. The summed E-state index contributed by atoms with van der Waals surface area (Å²) in [5.74, 6) is 0.970. The van der Waals surface area contributed by atoms with Gasteiger partial charge in [0.25, 0.3) is 0 Å². The quantitative estimate of drug-likeness (QED) is 0.808. The van der Waals surface area contributed by atoms with Crippen molar-refractivity contribution in [2.24, 2.45) is 5.73 Å². The minimum atomic E-state index is 0.116. The van der Waals surface area contributed by atoms with Crippen LogP contribution < -0.4 is 5.73 Å². The first-order valence-corrected chi connectivity index (χ1v) is 6.12. The molecule has 0 aliphatic rings. The first-order valence-electron chi connectivity index (χ1n) is 6.12. The van der Waals surface area contributed by atoms with Crippen LogP contribution in [0.25, 0.3) is 0 Å². The lowest BCUT2D eigenvalue weighted by Crippen LogP contribution is -2.42. The smallest absolute Gasteiger partial charge is 0.122 e. The van der Waals surface area contributed by atoms with Crippen LogP contribution in [0.4, 0.5) is 0 Å². The largest absolute Gasteiger partial charge is 0.468 e. The molecule has 0 saturated carbocycles. The lowest BCUT2D eigenvalue weighted by atomic mass is 10.0. The van der Waals surface area contributed by atoms with Crippen molar-refractivity contribution < 1.29 is 4.42 Å². The molecule has 3 atom stereocenters. The monoisotopic (exact) mass is 224 g/mol. The predicted molar refractivity (Wildman–Crippen MR) is 67.2 cm³/mol. The zero-order valence-corrected chi connectivity index (χ0v) is 10.8. The van der Waals surface area contributed by atoms with E-state index in [0.29, 0.717) is 6.04 Å². The van der Waals surface area contributed by atoms with Gasteiger partial charge >= 0.3 is 0 Å². The van der Waals surface area contributed by atoms with E-state index in [0.717, 1.165) is 18.6 Å². The van der Waals surface area contributed by atoms with Gasteiger partial charge in [0.05, 0.1) is 12.3 Å². The highest BCUT2D eigenvalue weighted by Crippen LogP contribution is 2.26. The van der Waals surface area contributed by atoms with Gasteiger partial charge < -0.3 is 10.2 Å². The van der Waals surface area contributed by atoms with Crippen LogP contribution in [0.15, 0.2) is 22.8 Å². The minimum absolute atomic E-state index is 0.116. The van der Waals surface area contributed by atoms with E-state index in [1.54, 1.807) is 6.26 Å². The molecule has 0 amide bonds. The van der Waals surface area contributed by atoms with Crippen LogP contribution in [-0.4, -0.2) is 24.0 Å². The summed E-state index contributed by atoms with van der Waals surface area (Å²) in [6.45, 7) is 6.53. The Labute approximate surface area is 98.6 Å². The third kappa shape index (κ3) is 2.86. The van der Waals surface area contributed by atoms with Crippen LogP contribution in [0.3, 0.4) is 0 Å². The number of hydrogen-bond acceptors (Lipinski definition) is 3. The van der Waals surface area contributed by atoms with Gasteiger partial charge in [0, 0.05) is 12.1 Å². The molecule has 3 nitrogen and oxygen atoms in total. The Hall–Kier alpha value is -0.800. The number of likely N-dealkylation sites (N-methyl/N-ethyl adjacent to an activating group) is 1. The molecule has 0 fully saturated rings. The molecule has 0 aliphatic carbocycles. The first kappa shape index (κ1) is 13.3. The van der Waals surface area contributed by atoms with Gasteiger partial charge in [-0.2, -0.15) is 0 Å². The number of hydrogen-bond donors (Lipinski definition) is 1. The summed E-state index contributed by atoms with van der Waals surface area (Å²) in [6.07, 6.45) is 3.78. The van der Waals surface area contributed by atoms with E-state index < -0.39 is 0 Å². The van der Waals surface area contributed by atoms with Gasteiger partial charge in [0.1, 0.15) is 5.76 Å². The molecule has 3 unspecified atom stereocenters. The standard InChI is InChI=1S/C13H24N2O/c1-5-10(3)15(4)13(11(14)6-2)12-8-7-9-16-12/h7-11,13H,5-6,14H2,1-4H3. The molecule has 1 aromatic rings. The third-order valence-corrected chi connectivity index (χ3v) is 3.44. The average molecular weight is 224 g/mol. The molecule has 0 aromatic carbocycles. The zero-order chi connectivity index (χ0) is 12.1. The van der Waals surface area contributed by atoms with Crippen LogP contribution in [0.1, 0.15) is 45.4 Å². The molecular weight excluding hydrogens is 200 g/mol. The Morgan fingerprint density at radius 3 is 2.50 bits per heavy atom.